The third-order valence-corrected chi connectivity index (χ3v) is 3.68. The first kappa shape index (κ1) is 14.2. The highest BCUT2D eigenvalue weighted by Gasteiger charge is 2.25. The number of anilines is 1. The normalized spacial score (nSPS) is 16.5. The van der Waals surface area contributed by atoms with Crippen molar-refractivity contribution < 1.29 is 14.6 Å². The molecule has 0 atom stereocenters. The number of hydrogen-bond donors (Lipinski definition) is 1. The number of aliphatic hydroxyl groups excluding tert-OH is 1. The zero-order valence-corrected chi connectivity index (χ0v) is 12.0. The van der Waals surface area contributed by atoms with Crippen molar-refractivity contribution >= 4 is 5.69 Å². The summed E-state index contributed by atoms with van der Waals surface area (Å²) in [4.78, 5) is 2.31. The maximum absolute atomic E-state index is 9.58. The van der Waals surface area contributed by atoms with Crippen LogP contribution in [0, 0.1) is 0 Å². The minimum Gasteiger partial charge on any atom is -0.496 e. The number of ether oxygens (including phenoxy) is 2. The Balaban J connectivity index is 2.34. The average molecular weight is 265 g/mol. The predicted octanol–water partition coefficient (Wildman–Crippen LogP) is 1.80. The van der Waals surface area contributed by atoms with E-state index in [9.17, 15) is 5.11 Å². The molecule has 0 unspecified atom stereocenters. The quantitative estimate of drug-likeness (QED) is 0.901. The zero-order chi connectivity index (χ0) is 13.9. The molecule has 106 valence electrons. The van der Waals surface area contributed by atoms with Crippen LogP contribution in [0.5, 0.6) is 5.75 Å². The number of nitrogens with zero attached hydrogens (tertiary/aromatic N) is 1. The fraction of sp³-hybridized carbons (Fsp3) is 0.600. The molecule has 4 nitrogen and oxygen atoms in total. The predicted molar refractivity (Wildman–Crippen MR) is 76.1 cm³/mol. The molecule has 0 bridgehead atoms. The summed E-state index contributed by atoms with van der Waals surface area (Å²) in [5.41, 5.74) is 1.90. The number of rotatable bonds is 4. The molecule has 1 fully saturated rings. The summed E-state index contributed by atoms with van der Waals surface area (Å²) < 4.78 is 10.8. The topological polar surface area (TPSA) is 41.9 Å². The summed E-state index contributed by atoms with van der Waals surface area (Å²) in [6.07, 6.45) is 0. The molecule has 1 aromatic carbocycles. The lowest BCUT2D eigenvalue weighted by Crippen LogP contribution is -2.36. The Labute approximate surface area is 114 Å². The first-order valence-electron chi connectivity index (χ1n) is 6.70. The number of aliphatic hydroxyl groups is 1. The van der Waals surface area contributed by atoms with E-state index in [0.29, 0.717) is 0 Å². The number of methoxy groups -OCH3 is 1. The van der Waals surface area contributed by atoms with E-state index < -0.39 is 0 Å². The molecule has 0 aliphatic carbocycles. The summed E-state index contributed by atoms with van der Waals surface area (Å²) in [6.45, 7) is 7.49. The standard InChI is InChI=1S/C15H23NO3/c1-15(2,11-17)13-10-12(4-5-14(13)18-3)16-6-8-19-9-7-16/h4-5,10,17H,6-9,11H2,1-3H3. The molecule has 0 amide bonds. The highest BCUT2D eigenvalue weighted by molar-refractivity contribution is 5.55. The third-order valence-electron chi connectivity index (χ3n) is 3.68. The van der Waals surface area contributed by atoms with Crippen LogP contribution >= 0.6 is 0 Å². The van der Waals surface area contributed by atoms with Gasteiger partial charge in [-0.1, -0.05) is 13.8 Å². The van der Waals surface area contributed by atoms with E-state index >= 15 is 0 Å². The lowest BCUT2D eigenvalue weighted by atomic mass is 9.84. The van der Waals surface area contributed by atoms with Gasteiger partial charge in [-0.05, 0) is 18.2 Å². The lowest BCUT2D eigenvalue weighted by Gasteiger charge is -2.31. The Hall–Kier alpha value is -1.26. The summed E-state index contributed by atoms with van der Waals surface area (Å²) in [5, 5.41) is 9.58. The van der Waals surface area contributed by atoms with Crippen molar-refractivity contribution in [3.8, 4) is 5.75 Å². The van der Waals surface area contributed by atoms with Crippen LogP contribution in [-0.2, 0) is 10.2 Å². The van der Waals surface area contributed by atoms with E-state index in [4.69, 9.17) is 9.47 Å². The van der Waals surface area contributed by atoms with E-state index in [0.717, 1.165) is 37.6 Å². The van der Waals surface area contributed by atoms with Crippen LogP contribution in [0.15, 0.2) is 18.2 Å². The second kappa shape index (κ2) is 5.80. The van der Waals surface area contributed by atoms with E-state index in [1.165, 1.54) is 5.69 Å². The number of hydrogen-bond acceptors (Lipinski definition) is 4. The van der Waals surface area contributed by atoms with Crippen molar-refractivity contribution in [3.05, 3.63) is 23.8 Å². The minimum atomic E-state index is -0.312. The molecule has 0 spiro atoms. The summed E-state index contributed by atoms with van der Waals surface area (Å²) in [6, 6.07) is 6.18. The van der Waals surface area contributed by atoms with Gasteiger partial charge in [-0.25, -0.2) is 0 Å². The van der Waals surface area contributed by atoms with E-state index in [2.05, 4.69) is 17.0 Å². The van der Waals surface area contributed by atoms with Gasteiger partial charge in [0.1, 0.15) is 5.75 Å². The summed E-state index contributed by atoms with van der Waals surface area (Å²) in [5.74, 6) is 0.830. The second-order valence-electron chi connectivity index (χ2n) is 5.53. The Morgan fingerprint density at radius 2 is 2.00 bits per heavy atom. The maximum Gasteiger partial charge on any atom is 0.122 e. The molecular formula is C15H23NO3. The van der Waals surface area contributed by atoms with Crippen molar-refractivity contribution in [1.82, 2.24) is 0 Å². The van der Waals surface area contributed by atoms with Crippen molar-refractivity contribution in [2.75, 3.05) is 44.9 Å². The van der Waals surface area contributed by atoms with E-state index in [1.54, 1.807) is 7.11 Å². The van der Waals surface area contributed by atoms with Crippen LogP contribution in [0.4, 0.5) is 5.69 Å². The monoisotopic (exact) mass is 265 g/mol. The Bertz CT molecular complexity index is 425. The molecule has 1 aliphatic heterocycles. The van der Waals surface area contributed by atoms with E-state index in [1.807, 2.05) is 19.9 Å². The largest absolute Gasteiger partial charge is 0.496 e. The van der Waals surface area contributed by atoms with Crippen LogP contribution in [0.3, 0.4) is 0 Å². The Morgan fingerprint density at radius 3 is 2.58 bits per heavy atom. The first-order chi connectivity index (χ1) is 9.08. The van der Waals surface area contributed by atoms with Crippen molar-refractivity contribution in [2.24, 2.45) is 0 Å². The van der Waals surface area contributed by atoms with Gasteiger partial charge < -0.3 is 19.5 Å². The molecule has 1 N–H and O–H groups in total. The molecular weight excluding hydrogens is 242 g/mol. The minimum absolute atomic E-state index is 0.0932. The van der Waals surface area contributed by atoms with Crippen LogP contribution in [0.1, 0.15) is 19.4 Å². The van der Waals surface area contributed by atoms with Crippen LogP contribution < -0.4 is 9.64 Å². The molecule has 1 heterocycles. The van der Waals surface area contributed by atoms with E-state index in [-0.39, 0.29) is 12.0 Å². The molecule has 1 saturated heterocycles. The molecule has 1 aromatic rings. The maximum atomic E-state index is 9.58. The first-order valence-corrected chi connectivity index (χ1v) is 6.70. The van der Waals surface area contributed by atoms with Gasteiger partial charge >= 0.3 is 0 Å². The smallest absolute Gasteiger partial charge is 0.122 e. The highest BCUT2D eigenvalue weighted by Crippen LogP contribution is 2.34. The fourth-order valence-electron chi connectivity index (χ4n) is 2.33. The summed E-state index contributed by atoms with van der Waals surface area (Å²) in [7, 11) is 1.67. The average Bonchev–Trinajstić information content (AvgIpc) is 2.47. The summed E-state index contributed by atoms with van der Waals surface area (Å²) >= 11 is 0. The van der Waals surface area contributed by atoms with Crippen molar-refractivity contribution in [3.63, 3.8) is 0 Å². The molecule has 19 heavy (non-hydrogen) atoms. The molecule has 0 radical (unpaired) electrons. The van der Waals surface area contributed by atoms with Crippen molar-refractivity contribution in [1.29, 1.82) is 0 Å². The van der Waals surface area contributed by atoms with Gasteiger partial charge in [0, 0.05) is 29.8 Å². The highest BCUT2D eigenvalue weighted by atomic mass is 16.5. The zero-order valence-electron chi connectivity index (χ0n) is 12.0. The number of morpholine rings is 1. The number of benzene rings is 1. The van der Waals surface area contributed by atoms with Crippen molar-refractivity contribution in [2.45, 2.75) is 19.3 Å². The van der Waals surface area contributed by atoms with Gasteiger partial charge in [0.05, 0.1) is 26.9 Å². The Morgan fingerprint density at radius 1 is 1.32 bits per heavy atom. The fourth-order valence-corrected chi connectivity index (χ4v) is 2.33. The van der Waals surface area contributed by atoms with Crippen LogP contribution in [0.2, 0.25) is 0 Å². The molecule has 0 aromatic heterocycles. The molecule has 1 aliphatic rings. The Kier molecular flexibility index (Phi) is 4.32. The third kappa shape index (κ3) is 3.01. The van der Waals surface area contributed by atoms with Gasteiger partial charge in [0.15, 0.2) is 0 Å². The van der Waals surface area contributed by atoms with Gasteiger partial charge in [-0.3, -0.25) is 0 Å². The van der Waals surface area contributed by atoms with Gasteiger partial charge in [0.2, 0.25) is 0 Å². The second-order valence-corrected chi connectivity index (χ2v) is 5.53. The SMILES string of the molecule is COc1ccc(N2CCOCC2)cc1C(C)(C)CO. The molecule has 4 heteroatoms. The molecule has 0 saturated carbocycles. The van der Waals surface area contributed by atoms with Gasteiger partial charge in [-0.15, -0.1) is 0 Å². The lowest BCUT2D eigenvalue weighted by molar-refractivity contribution is 0.122. The van der Waals surface area contributed by atoms with Gasteiger partial charge in [0.25, 0.3) is 0 Å². The van der Waals surface area contributed by atoms with Crippen LogP contribution in [-0.4, -0.2) is 45.1 Å². The molecule has 2 rings (SSSR count). The van der Waals surface area contributed by atoms with Gasteiger partial charge in [-0.2, -0.15) is 0 Å². The van der Waals surface area contributed by atoms with Crippen LogP contribution in [0.25, 0.3) is 0 Å².